The van der Waals surface area contributed by atoms with Gasteiger partial charge in [0, 0.05) is 24.3 Å². The lowest BCUT2D eigenvalue weighted by Gasteiger charge is -2.39. The van der Waals surface area contributed by atoms with Crippen LogP contribution in [0.1, 0.15) is 66.2 Å². The highest BCUT2D eigenvalue weighted by molar-refractivity contribution is 5.90. The molecule has 0 aromatic heterocycles. The van der Waals surface area contributed by atoms with Crippen LogP contribution >= 0.6 is 0 Å². The summed E-state index contributed by atoms with van der Waals surface area (Å²) in [5.74, 6) is 2.12. The van der Waals surface area contributed by atoms with E-state index in [2.05, 4.69) is 18.2 Å². The van der Waals surface area contributed by atoms with Gasteiger partial charge in [-0.1, -0.05) is 39.0 Å². The van der Waals surface area contributed by atoms with Gasteiger partial charge in [-0.15, -0.1) is 0 Å². The molecule has 25 heavy (non-hydrogen) atoms. The van der Waals surface area contributed by atoms with E-state index in [4.69, 9.17) is 4.79 Å². The van der Waals surface area contributed by atoms with Crippen LogP contribution in [-0.4, -0.2) is 25.1 Å². The molecule has 3 atom stereocenters. The van der Waals surface area contributed by atoms with Gasteiger partial charge < -0.3 is 9.53 Å². The van der Waals surface area contributed by atoms with Crippen molar-refractivity contribution in [1.82, 2.24) is 0 Å². The van der Waals surface area contributed by atoms with Crippen molar-refractivity contribution in [2.24, 2.45) is 17.8 Å². The molecule has 2 aliphatic carbocycles. The summed E-state index contributed by atoms with van der Waals surface area (Å²) >= 11 is 0. The van der Waals surface area contributed by atoms with E-state index in [1.807, 2.05) is 27.6 Å². The first-order chi connectivity index (χ1) is 12.0. The normalized spacial score (nSPS) is 29.0. The fourth-order valence-corrected chi connectivity index (χ4v) is 3.71. The largest absolute Gasteiger partial charge is 0.462 e. The standard InChI is InChI=1S/C12H18O.C6H8O2.C2H6.CH2O/c1-8-3-5-11-9(2)12(13)6-4-10(11)7-8;1-2-5-3-4-8-6(5)7;2*1-2/h9-11H,1,3-7H2,2H3;2H,3-4H2,1H3;1-2H3;1H2/b;5-2+;;. The number of ketones is 1. The first kappa shape index (κ1) is 23.3. The Morgan fingerprint density at radius 1 is 1.08 bits per heavy atom. The van der Waals surface area contributed by atoms with Crippen LogP contribution in [0.15, 0.2) is 23.8 Å². The van der Waals surface area contributed by atoms with Crippen LogP contribution in [0.3, 0.4) is 0 Å². The lowest BCUT2D eigenvalue weighted by molar-refractivity contribution is -0.135. The second kappa shape index (κ2) is 12.6. The molecule has 0 aromatic carbocycles. The summed E-state index contributed by atoms with van der Waals surface area (Å²) in [6.45, 7) is 14.6. The first-order valence-corrected chi connectivity index (χ1v) is 9.33. The van der Waals surface area contributed by atoms with E-state index in [1.165, 1.54) is 18.4 Å². The molecule has 0 amide bonds. The zero-order valence-electron chi connectivity index (χ0n) is 16.3. The number of carbonyl (C=O) groups excluding carboxylic acids is 3. The van der Waals surface area contributed by atoms with Crippen LogP contribution < -0.4 is 0 Å². The van der Waals surface area contributed by atoms with Crippen molar-refractivity contribution in [1.29, 1.82) is 0 Å². The fraction of sp³-hybridized carbons (Fsp3) is 0.667. The zero-order valence-corrected chi connectivity index (χ0v) is 16.3. The third kappa shape index (κ3) is 6.97. The topological polar surface area (TPSA) is 60.4 Å². The van der Waals surface area contributed by atoms with Crippen LogP contribution in [0.4, 0.5) is 0 Å². The molecule has 142 valence electrons. The Kier molecular flexibility index (Phi) is 11.8. The predicted molar refractivity (Wildman–Crippen MR) is 101 cm³/mol. The van der Waals surface area contributed by atoms with Crippen LogP contribution in [0.2, 0.25) is 0 Å². The van der Waals surface area contributed by atoms with E-state index in [1.54, 1.807) is 6.08 Å². The van der Waals surface area contributed by atoms with Gasteiger partial charge >= 0.3 is 5.97 Å². The summed E-state index contributed by atoms with van der Waals surface area (Å²) < 4.78 is 4.65. The number of Topliss-reactive ketones (excluding diaryl/α,β-unsaturated/α-hetero) is 1. The van der Waals surface area contributed by atoms with Crippen LogP contribution in [0, 0.1) is 17.8 Å². The molecule has 4 heteroatoms. The highest BCUT2D eigenvalue weighted by atomic mass is 16.5. The number of hydrogen-bond acceptors (Lipinski definition) is 4. The van der Waals surface area contributed by atoms with E-state index in [9.17, 15) is 9.59 Å². The van der Waals surface area contributed by atoms with Gasteiger partial charge in [0.1, 0.15) is 12.6 Å². The smallest absolute Gasteiger partial charge is 0.333 e. The summed E-state index contributed by atoms with van der Waals surface area (Å²) in [6, 6.07) is 0. The average molecular weight is 350 g/mol. The van der Waals surface area contributed by atoms with E-state index in [0.29, 0.717) is 24.2 Å². The van der Waals surface area contributed by atoms with E-state index in [0.717, 1.165) is 37.2 Å². The minimum absolute atomic E-state index is 0.146. The number of cyclic esters (lactones) is 1. The van der Waals surface area contributed by atoms with Gasteiger partial charge in [0.2, 0.25) is 0 Å². The SMILES string of the molecule is C/C=C1\CCOC1=O.C=C1CCC2C(CCC(=O)C2C)C1.C=O.CC. The molecule has 4 nitrogen and oxygen atoms in total. The Hall–Kier alpha value is -1.71. The Labute approximate surface area is 152 Å². The number of carbonyl (C=O) groups is 3. The molecule has 0 radical (unpaired) electrons. The maximum Gasteiger partial charge on any atom is 0.333 e. The molecule has 3 rings (SSSR count). The number of rotatable bonds is 0. The molecule has 0 spiro atoms. The molecule has 3 unspecified atom stereocenters. The van der Waals surface area contributed by atoms with Gasteiger partial charge in [-0.2, -0.15) is 0 Å². The number of allylic oxidation sites excluding steroid dienone is 2. The number of fused-ring (bicyclic) bond motifs is 1. The molecule has 0 N–H and O–H groups in total. The minimum Gasteiger partial charge on any atom is -0.462 e. The van der Waals surface area contributed by atoms with Crippen molar-refractivity contribution in [3.05, 3.63) is 23.8 Å². The zero-order chi connectivity index (χ0) is 19.4. The summed E-state index contributed by atoms with van der Waals surface area (Å²) in [6.07, 6.45) is 8.06. The van der Waals surface area contributed by atoms with Crippen molar-refractivity contribution in [2.75, 3.05) is 6.61 Å². The quantitative estimate of drug-likeness (QED) is 0.361. The molecular formula is C21H34O4. The highest BCUT2D eigenvalue weighted by Crippen LogP contribution is 2.43. The monoisotopic (exact) mass is 350 g/mol. The fourth-order valence-electron chi connectivity index (χ4n) is 3.71. The van der Waals surface area contributed by atoms with Gasteiger partial charge in [0.05, 0.1) is 6.61 Å². The van der Waals surface area contributed by atoms with Crippen LogP contribution in [-0.2, 0) is 19.1 Å². The molecule has 1 aliphatic heterocycles. The molecule has 0 aromatic rings. The van der Waals surface area contributed by atoms with Gasteiger partial charge in [-0.05, 0) is 44.4 Å². The van der Waals surface area contributed by atoms with Gasteiger partial charge in [0.25, 0.3) is 0 Å². The maximum absolute atomic E-state index is 11.5. The van der Waals surface area contributed by atoms with Gasteiger partial charge in [-0.25, -0.2) is 4.79 Å². The van der Waals surface area contributed by atoms with Crippen molar-refractivity contribution in [3.63, 3.8) is 0 Å². The third-order valence-electron chi connectivity index (χ3n) is 5.11. The lowest BCUT2D eigenvalue weighted by atomic mass is 9.65. The molecule has 0 bridgehead atoms. The lowest BCUT2D eigenvalue weighted by Crippen LogP contribution is -2.35. The van der Waals surface area contributed by atoms with E-state index >= 15 is 0 Å². The Bertz CT molecular complexity index is 478. The molecule has 1 heterocycles. The average Bonchev–Trinajstić information content (AvgIpc) is 3.07. The first-order valence-electron chi connectivity index (χ1n) is 9.33. The minimum atomic E-state index is -0.146. The van der Waals surface area contributed by atoms with Gasteiger partial charge in [-0.3, -0.25) is 4.79 Å². The van der Waals surface area contributed by atoms with Crippen molar-refractivity contribution in [3.8, 4) is 0 Å². The summed E-state index contributed by atoms with van der Waals surface area (Å²) in [5.41, 5.74) is 2.22. The Balaban J connectivity index is 0.000000414. The van der Waals surface area contributed by atoms with E-state index < -0.39 is 0 Å². The molecular weight excluding hydrogens is 316 g/mol. The predicted octanol–water partition coefficient (Wildman–Crippen LogP) is 4.68. The summed E-state index contributed by atoms with van der Waals surface area (Å²) in [7, 11) is 0. The Morgan fingerprint density at radius 3 is 2.20 bits per heavy atom. The maximum atomic E-state index is 11.5. The van der Waals surface area contributed by atoms with Crippen molar-refractivity contribution < 1.29 is 19.1 Å². The third-order valence-corrected chi connectivity index (χ3v) is 5.11. The Morgan fingerprint density at radius 2 is 1.72 bits per heavy atom. The van der Waals surface area contributed by atoms with Crippen LogP contribution in [0.5, 0.6) is 0 Å². The van der Waals surface area contributed by atoms with Crippen LogP contribution in [0.25, 0.3) is 0 Å². The molecule has 3 fully saturated rings. The summed E-state index contributed by atoms with van der Waals surface area (Å²) in [5, 5.41) is 0. The van der Waals surface area contributed by atoms with Crippen molar-refractivity contribution >= 4 is 18.5 Å². The second-order valence-electron chi connectivity index (χ2n) is 6.41. The van der Waals surface area contributed by atoms with E-state index in [-0.39, 0.29) is 5.97 Å². The number of hydrogen-bond donors (Lipinski definition) is 0. The number of ether oxygens (including phenoxy) is 1. The highest BCUT2D eigenvalue weighted by Gasteiger charge is 2.37. The van der Waals surface area contributed by atoms with Gasteiger partial charge in [0.15, 0.2) is 0 Å². The molecule has 2 saturated carbocycles. The van der Waals surface area contributed by atoms with Crippen molar-refractivity contribution in [2.45, 2.75) is 66.2 Å². The molecule has 3 aliphatic rings. The second-order valence-corrected chi connectivity index (χ2v) is 6.41. The molecule has 1 saturated heterocycles. The number of esters is 1. The summed E-state index contributed by atoms with van der Waals surface area (Å²) in [4.78, 5) is 30.0.